The Morgan fingerprint density at radius 3 is 2.30 bits per heavy atom. The van der Waals surface area contributed by atoms with E-state index in [1.165, 1.54) is 0 Å². The highest BCUT2D eigenvalue weighted by Crippen LogP contribution is 2.21. The number of aromatic nitrogens is 1. The van der Waals surface area contributed by atoms with Crippen LogP contribution in [-0.2, 0) is 6.54 Å². The van der Waals surface area contributed by atoms with Crippen LogP contribution >= 0.6 is 0 Å². The summed E-state index contributed by atoms with van der Waals surface area (Å²) in [4.78, 5) is 27.3. The number of hydrogen-bond acceptors (Lipinski definition) is 3. The molecule has 0 atom stereocenters. The number of hydrogen-bond donors (Lipinski definition) is 2. The summed E-state index contributed by atoms with van der Waals surface area (Å²) < 4.78 is 5.12. The molecule has 1 aromatic heterocycles. The molecule has 0 aliphatic heterocycles. The first-order valence-corrected chi connectivity index (χ1v) is 8.69. The maximum absolute atomic E-state index is 12.5. The van der Waals surface area contributed by atoms with Gasteiger partial charge in [-0.3, -0.25) is 9.59 Å². The van der Waals surface area contributed by atoms with Gasteiger partial charge in [0.05, 0.1) is 7.11 Å². The van der Waals surface area contributed by atoms with Gasteiger partial charge in [-0.1, -0.05) is 41.5 Å². The van der Waals surface area contributed by atoms with Gasteiger partial charge in [0.2, 0.25) is 0 Å². The molecule has 3 rings (SSSR count). The van der Waals surface area contributed by atoms with E-state index < -0.39 is 11.5 Å². The van der Waals surface area contributed by atoms with Gasteiger partial charge in [0, 0.05) is 12.7 Å². The summed E-state index contributed by atoms with van der Waals surface area (Å²) in [5.74, 6) is 0.348. The molecule has 0 radical (unpaired) electrons. The Morgan fingerprint density at radius 1 is 1.00 bits per heavy atom. The zero-order valence-corrected chi connectivity index (χ0v) is 15.6. The van der Waals surface area contributed by atoms with Crippen LogP contribution in [0, 0.1) is 13.8 Å². The number of carbonyl (C=O) groups excluding carboxylic acids is 1. The molecule has 27 heavy (non-hydrogen) atoms. The first kappa shape index (κ1) is 18.5. The number of aromatic amines is 1. The van der Waals surface area contributed by atoms with Gasteiger partial charge in [0.1, 0.15) is 11.3 Å². The van der Waals surface area contributed by atoms with Crippen molar-refractivity contribution in [1.29, 1.82) is 0 Å². The van der Waals surface area contributed by atoms with Crippen molar-refractivity contribution in [3.63, 3.8) is 0 Å². The molecule has 0 saturated heterocycles. The topological polar surface area (TPSA) is 71.2 Å². The van der Waals surface area contributed by atoms with Gasteiger partial charge in [0.15, 0.2) is 0 Å². The summed E-state index contributed by atoms with van der Waals surface area (Å²) in [6, 6.07) is 15.2. The number of carbonyl (C=O) groups is 1. The molecule has 0 aliphatic carbocycles. The van der Waals surface area contributed by atoms with Crippen LogP contribution in [0.15, 0.2) is 59.5 Å². The zero-order chi connectivity index (χ0) is 19.4. The lowest BCUT2D eigenvalue weighted by atomic mass is 10.0. The fourth-order valence-electron chi connectivity index (χ4n) is 2.98. The summed E-state index contributed by atoms with van der Waals surface area (Å²) in [6.07, 6.45) is 1.64. The molecule has 1 amide bonds. The summed E-state index contributed by atoms with van der Waals surface area (Å²) in [5, 5.41) is 2.80. The van der Waals surface area contributed by atoms with Crippen molar-refractivity contribution in [2.24, 2.45) is 0 Å². The predicted octanol–water partition coefficient (Wildman–Crippen LogP) is 3.60. The summed E-state index contributed by atoms with van der Waals surface area (Å²) in [7, 11) is 1.60. The molecule has 5 heteroatoms. The lowest BCUT2D eigenvalue weighted by Crippen LogP contribution is -2.29. The minimum absolute atomic E-state index is 0.0974. The molecule has 1 heterocycles. The average Bonchev–Trinajstić information content (AvgIpc) is 2.66. The van der Waals surface area contributed by atoms with E-state index in [9.17, 15) is 9.59 Å². The maximum Gasteiger partial charge on any atom is 0.260 e. The molecule has 0 spiro atoms. The van der Waals surface area contributed by atoms with Gasteiger partial charge in [0.25, 0.3) is 11.5 Å². The van der Waals surface area contributed by atoms with Crippen molar-refractivity contribution in [3.05, 3.63) is 87.3 Å². The minimum atomic E-state index is -0.407. The van der Waals surface area contributed by atoms with Crippen molar-refractivity contribution < 1.29 is 9.53 Å². The van der Waals surface area contributed by atoms with Crippen LogP contribution in [0.4, 0.5) is 0 Å². The van der Waals surface area contributed by atoms with Crippen molar-refractivity contribution >= 4 is 5.91 Å². The molecule has 0 unspecified atom stereocenters. The van der Waals surface area contributed by atoms with Crippen LogP contribution in [0.2, 0.25) is 0 Å². The Balaban J connectivity index is 1.80. The Labute approximate surface area is 158 Å². The van der Waals surface area contributed by atoms with Gasteiger partial charge in [-0.15, -0.1) is 0 Å². The van der Waals surface area contributed by atoms with Crippen LogP contribution in [0.25, 0.3) is 11.1 Å². The van der Waals surface area contributed by atoms with Crippen LogP contribution < -0.4 is 15.6 Å². The van der Waals surface area contributed by atoms with Crippen molar-refractivity contribution in [3.8, 4) is 16.9 Å². The maximum atomic E-state index is 12.5. The number of H-pyrrole nitrogens is 1. The average molecular weight is 362 g/mol. The molecule has 0 aliphatic rings. The number of benzene rings is 2. The van der Waals surface area contributed by atoms with Gasteiger partial charge in [-0.25, -0.2) is 0 Å². The number of nitrogens with one attached hydrogen (secondary N) is 2. The van der Waals surface area contributed by atoms with Crippen molar-refractivity contribution in [2.45, 2.75) is 20.4 Å². The number of pyridine rings is 1. The standard InChI is InChI=1S/C22H22N2O3/c1-14-8-15(2)10-17(9-14)18-11-20(22(26)24-13-18)21(25)23-12-16-4-6-19(27-3)7-5-16/h4-11,13H,12H2,1-3H3,(H,23,25)(H,24,26). The second kappa shape index (κ2) is 7.91. The smallest absolute Gasteiger partial charge is 0.260 e. The first-order valence-electron chi connectivity index (χ1n) is 8.69. The highest BCUT2D eigenvalue weighted by Gasteiger charge is 2.12. The molecule has 5 nitrogen and oxygen atoms in total. The largest absolute Gasteiger partial charge is 0.497 e. The SMILES string of the molecule is COc1ccc(CNC(=O)c2cc(-c3cc(C)cc(C)c3)c[nH]c2=O)cc1. The number of aryl methyl sites for hydroxylation is 2. The minimum Gasteiger partial charge on any atom is -0.497 e. The molecule has 0 fully saturated rings. The van der Waals surface area contributed by atoms with Gasteiger partial charge >= 0.3 is 0 Å². The highest BCUT2D eigenvalue weighted by atomic mass is 16.5. The molecule has 3 aromatic rings. The monoisotopic (exact) mass is 362 g/mol. The summed E-state index contributed by atoms with van der Waals surface area (Å²) >= 11 is 0. The van der Waals surface area contributed by atoms with E-state index in [1.54, 1.807) is 19.4 Å². The fraction of sp³-hybridized carbons (Fsp3) is 0.182. The number of ether oxygens (including phenoxy) is 1. The molecule has 0 saturated carbocycles. The quantitative estimate of drug-likeness (QED) is 0.728. The van der Waals surface area contributed by atoms with Crippen LogP contribution in [-0.4, -0.2) is 18.0 Å². The lowest BCUT2D eigenvalue weighted by molar-refractivity contribution is 0.0949. The third-order valence-electron chi connectivity index (χ3n) is 4.32. The highest BCUT2D eigenvalue weighted by molar-refractivity contribution is 5.95. The van der Waals surface area contributed by atoms with E-state index >= 15 is 0 Å². The Morgan fingerprint density at radius 2 is 1.67 bits per heavy atom. The fourth-order valence-corrected chi connectivity index (χ4v) is 2.98. The number of methoxy groups -OCH3 is 1. The van der Waals surface area contributed by atoms with Crippen LogP contribution in [0.3, 0.4) is 0 Å². The predicted molar refractivity (Wildman–Crippen MR) is 106 cm³/mol. The molecular formula is C22H22N2O3. The third kappa shape index (κ3) is 4.44. The van der Waals surface area contributed by atoms with E-state index in [1.807, 2.05) is 50.2 Å². The third-order valence-corrected chi connectivity index (χ3v) is 4.32. The van der Waals surface area contributed by atoms with E-state index in [0.717, 1.165) is 33.6 Å². The Kier molecular flexibility index (Phi) is 5.41. The van der Waals surface area contributed by atoms with E-state index in [2.05, 4.69) is 16.4 Å². The number of amides is 1. The lowest BCUT2D eigenvalue weighted by Gasteiger charge is -2.09. The zero-order valence-electron chi connectivity index (χ0n) is 15.6. The summed E-state index contributed by atoms with van der Waals surface area (Å²) in [5.41, 5.74) is 4.63. The van der Waals surface area contributed by atoms with Gasteiger partial charge in [-0.05, 0) is 48.7 Å². The second-order valence-corrected chi connectivity index (χ2v) is 6.54. The van der Waals surface area contributed by atoms with E-state index in [-0.39, 0.29) is 5.56 Å². The Hall–Kier alpha value is -3.34. The van der Waals surface area contributed by atoms with E-state index in [4.69, 9.17) is 4.74 Å². The van der Waals surface area contributed by atoms with Gasteiger partial charge in [-0.2, -0.15) is 0 Å². The second-order valence-electron chi connectivity index (χ2n) is 6.54. The van der Waals surface area contributed by atoms with Gasteiger partial charge < -0.3 is 15.0 Å². The Bertz CT molecular complexity index is 1000. The normalized spacial score (nSPS) is 10.5. The molecule has 0 bridgehead atoms. The molecule has 138 valence electrons. The molecule has 2 aromatic carbocycles. The van der Waals surface area contributed by atoms with Crippen LogP contribution in [0.5, 0.6) is 5.75 Å². The summed E-state index contributed by atoms with van der Waals surface area (Å²) in [6.45, 7) is 4.37. The van der Waals surface area contributed by atoms with Crippen LogP contribution in [0.1, 0.15) is 27.0 Å². The number of rotatable bonds is 5. The van der Waals surface area contributed by atoms with Crippen molar-refractivity contribution in [1.82, 2.24) is 10.3 Å². The first-order chi connectivity index (χ1) is 13.0. The van der Waals surface area contributed by atoms with E-state index in [0.29, 0.717) is 6.54 Å². The molecule has 2 N–H and O–H groups in total. The molecular weight excluding hydrogens is 340 g/mol. The van der Waals surface area contributed by atoms with Crippen molar-refractivity contribution in [2.75, 3.05) is 7.11 Å².